The van der Waals surface area contributed by atoms with Gasteiger partial charge in [0.15, 0.2) is 0 Å². The van der Waals surface area contributed by atoms with Gasteiger partial charge in [0, 0.05) is 37.0 Å². The van der Waals surface area contributed by atoms with Gasteiger partial charge < -0.3 is 15.1 Å². The van der Waals surface area contributed by atoms with Crippen LogP contribution in [-0.2, 0) is 22.6 Å². The Labute approximate surface area is 207 Å². The van der Waals surface area contributed by atoms with Gasteiger partial charge in [0.1, 0.15) is 6.04 Å². The van der Waals surface area contributed by atoms with Gasteiger partial charge in [0.2, 0.25) is 11.8 Å². The van der Waals surface area contributed by atoms with Crippen molar-refractivity contribution in [3.63, 3.8) is 0 Å². The topological polar surface area (TPSA) is 52.7 Å². The van der Waals surface area contributed by atoms with E-state index >= 15 is 0 Å². The average Bonchev–Trinajstić information content (AvgIpc) is 2.80. The first-order chi connectivity index (χ1) is 16.2. The molecule has 0 saturated heterocycles. The molecule has 3 aromatic carbocycles. The molecule has 1 unspecified atom stereocenters. The van der Waals surface area contributed by atoms with E-state index in [1.54, 1.807) is 17.0 Å². The summed E-state index contributed by atoms with van der Waals surface area (Å²) < 4.78 is 0. The van der Waals surface area contributed by atoms with E-state index in [-0.39, 0.29) is 24.2 Å². The first-order valence-electron chi connectivity index (χ1n) is 11.4. The summed E-state index contributed by atoms with van der Waals surface area (Å²) in [5.74, 6) is -0.394. The predicted molar refractivity (Wildman–Crippen MR) is 140 cm³/mol. The third kappa shape index (κ3) is 6.84. The predicted octanol–water partition coefficient (Wildman–Crippen LogP) is 5.64. The SMILES string of the molecule is CC(C)C(C(=O)Nc1ccc(N(C)C)cc1)N(Cc1ccc(Cl)cc1)C(=O)Cc1ccccc1. The summed E-state index contributed by atoms with van der Waals surface area (Å²) in [4.78, 5) is 30.7. The molecule has 0 bridgehead atoms. The highest BCUT2D eigenvalue weighted by Crippen LogP contribution is 2.22. The molecule has 3 rings (SSSR count). The minimum atomic E-state index is -0.639. The van der Waals surface area contributed by atoms with Crippen LogP contribution in [0.4, 0.5) is 11.4 Å². The van der Waals surface area contributed by atoms with Gasteiger partial charge in [0.25, 0.3) is 0 Å². The Morgan fingerprint density at radius 2 is 1.47 bits per heavy atom. The van der Waals surface area contributed by atoms with Gasteiger partial charge >= 0.3 is 0 Å². The molecule has 1 N–H and O–H groups in total. The third-order valence-corrected chi connectivity index (χ3v) is 5.92. The molecule has 1 atom stereocenters. The molecule has 6 heteroatoms. The van der Waals surface area contributed by atoms with Crippen LogP contribution in [0.2, 0.25) is 5.02 Å². The van der Waals surface area contributed by atoms with Crippen LogP contribution in [0.5, 0.6) is 0 Å². The van der Waals surface area contributed by atoms with Gasteiger partial charge in [-0.15, -0.1) is 0 Å². The number of amides is 2. The summed E-state index contributed by atoms with van der Waals surface area (Å²) in [5.41, 5.74) is 3.57. The lowest BCUT2D eigenvalue weighted by Gasteiger charge is -2.34. The standard InChI is InChI=1S/C28H32ClN3O2/c1-20(2)27(28(34)30-24-14-16-25(17-15-24)31(3)4)32(19-22-10-12-23(29)13-11-22)26(33)18-21-8-6-5-7-9-21/h5-17,20,27H,18-19H2,1-4H3,(H,30,34). The van der Waals surface area contributed by atoms with Gasteiger partial charge in [-0.25, -0.2) is 0 Å². The molecule has 0 spiro atoms. The van der Waals surface area contributed by atoms with Crippen molar-refractivity contribution in [2.75, 3.05) is 24.3 Å². The maximum Gasteiger partial charge on any atom is 0.247 e. The quantitative estimate of drug-likeness (QED) is 0.434. The van der Waals surface area contributed by atoms with Crippen LogP contribution in [-0.4, -0.2) is 36.9 Å². The molecule has 0 radical (unpaired) electrons. The van der Waals surface area contributed by atoms with E-state index < -0.39 is 6.04 Å². The summed E-state index contributed by atoms with van der Waals surface area (Å²) in [6.07, 6.45) is 0.225. The van der Waals surface area contributed by atoms with Crippen LogP contribution in [0.15, 0.2) is 78.9 Å². The first kappa shape index (κ1) is 25.3. The van der Waals surface area contributed by atoms with Crippen molar-refractivity contribution in [3.8, 4) is 0 Å². The zero-order chi connectivity index (χ0) is 24.7. The molecule has 0 aliphatic carbocycles. The maximum atomic E-state index is 13.5. The Morgan fingerprint density at radius 3 is 2.03 bits per heavy atom. The fraction of sp³-hybridized carbons (Fsp3) is 0.286. The smallest absolute Gasteiger partial charge is 0.247 e. The fourth-order valence-electron chi connectivity index (χ4n) is 3.86. The molecule has 34 heavy (non-hydrogen) atoms. The molecule has 0 aliphatic rings. The van der Waals surface area contributed by atoms with Crippen molar-refractivity contribution >= 4 is 34.8 Å². The number of carbonyl (C=O) groups excluding carboxylic acids is 2. The van der Waals surface area contributed by atoms with E-state index in [0.29, 0.717) is 17.3 Å². The number of nitrogens with one attached hydrogen (secondary N) is 1. The average molecular weight is 478 g/mol. The van der Waals surface area contributed by atoms with E-state index in [4.69, 9.17) is 11.6 Å². The number of rotatable bonds is 9. The molecule has 0 aliphatic heterocycles. The molecule has 2 amide bonds. The highest BCUT2D eigenvalue weighted by Gasteiger charge is 2.32. The molecule has 0 aromatic heterocycles. The highest BCUT2D eigenvalue weighted by atomic mass is 35.5. The maximum absolute atomic E-state index is 13.5. The van der Waals surface area contributed by atoms with Crippen molar-refractivity contribution in [3.05, 3.63) is 95.0 Å². The second-order valence-corrected chi connectivity index (χ2v) is 9.37. The summed E-state index contributed by atoms with van der Waals surface area (Å²) in [7, 11) is 3.94. The van der Waals surface area contributed by atoms with Crippen LogP contribution in [0.25, 0.3) is 0 Å². The largest absolute Gasteiger partial charge is 0.378 e. The normalized spacial score (nSPS) is 11.7. The Balaban J connectivity index is 1.87. The lowest BCUT2D eigenvalue weighted by molar-refractivity contribution is -0.140. The molecule has 3 aromatic rings. The molecular weight excluding hydrogens is 446 g/mol. The minimum Gasteiger partial charge on any atom is -0.378 e. The van der Waals surface area contributed by atoms with E-state index in [9.17, 15) is 9.59 Å². The van der Waals surface area contributed by atoms with Crippen molar-refractivity contribution in [2.45, 2.75) is 32.9 Å². The Bertz CT molecular complexity index is 1080. The van der Waals surface area contributed by atoms with E-state index in [0.717, 1.165) is 16.8 Å². The van der Waals surface area contributed by atoms with Crippen molar-refractivity contribution in [2.24, 2.45) is 5.92 Å². The molecule has 5 nitrogen and oxygen atoms in total. The number of nitrogens with zero attached hydrogens (tertiary/aromatic N) is 2. The molecule has 0 saturated carbocycles. The van der Waals surface area contributed by atoms with Gasteiger partial charge in [-0.3, -0.25) is 9.59 Å². The number of halogens is 1. The van der Waals surface area contributed by atoms with E-state index in [2.05, 4.69) is 5.32 Å². The Morgan fingerprint density at radius 1 is 0.853 bits per heavy atom. The lowest BCUT2D eigenvalue weighted by Crippen LogP contribution is -2.50. The van der Waals surface area contributed by atoms with Crippen LogP contribution < -0.4 is 10.2 Å². The second kappa shape index (κ2) is 11.7. The van der Waals surface area contributed by atoms with Crippen LogP contribution in [0.3, 0.4) is 0 Å². The first-order valence-corrected chi connectivity index (χ1v) is 11.8. The van der Waals surface area contributed by atoms with Crippen LogP contribution in [0.1, 0.15) is 25.0 Å². The Hall–Kier alpha value is -3.31. The van der Waals surface area contributed by atoms with Gasteiger partial charge in [-0.2, -0.15) is 0 Å². The zero-order valence-corrected chi connectivity index (χ0v) is 20.9. The monoisotopic (exact) mass is 477 g/mol. The van der Waals surface area contributed by atoms with E-state index in [1.165, 1.54) is 0 Å². The fourth-order valence-corrected chi connectivity index (χ4v) is 3.99. The third-order valence-electron chi connectivity index (χ3n) is 5.67. The summed E-state index contributed by atoms with van der Waals surface area (Å²) in [5, 5.41) is 3.64. The lowest BCUT2D eigenvalue weighted by atomic mass is 9.99. The van der Waals surface area contributed by atoms with Crippen molar-refractivity contribution in [1.82, 2.24) is 4.90 Å². The summed E-state index contributed by atoms with van der Waals surface area (Å²) in [6.45, 7) is 4.24. The molecule has 0 fully saturated rings. The number of anilines is 2. The zero-order valence-electron chi connectivity index (χ0n) is 20.2. The minimum absolute atomic E-state index is 0.0897. The number of hydrogen-bond donors (Lipinski definition) is 1. The molecular formula is C28H32ClN3O2. The van der Waals surface area contributed by atoms with Gasteiger partial charge in [-0.05, 0) is 53.4 Å². The number of carbonyl (C=O) groups is 2. The van der Waals surface area contributed by atoms with Crippen molar-refractivity contribution in [1.29, 1.82) is 0 Å². The number of hydrogen-bond acceptors (Lipinski definition) is 3. The highest BCUT2D eigenvalue weighted by molar-refractivity contribution is 6.30. The van der Waals surface area contributed by atoms with Crippen molar-refractivity contribution < 1.29 is 9.59 Å². The molecule has 178 valence electrons. The summed E-state index contributed by atoms with van der Waals surface area (Å²) >= 11 is 6.05. The second-order valence-electron chi connectivity index (χ2n) is 8.93. The van der Waals surface area contributed by atoms with Gasteiger partial charge in [0.05, 0.1) is 6.42 Å². The van der Waals surface area contributed by atoms with Gasteiger partial charge in [-0.1, -0.05) is 67.9 Å². The van der Waals surface area contributed by atoms with Crippen LogP contribution >= 0.6 is 11.6 Å². The molecule has 0 heterocycles. The van der Waals surface area contributed by atoms with Crippen LogP contribution in [0, 0.1) is 5.92 Å². The summed E-state index contributed by atoms with van der Waals surface area (Å²) in [6, 6.07) is 24.0. The van der Waals surface area contributed by atoms with E-state index in [1.807, 2.05) is 99.6 Å². The Kier molecular flexibility index (Phi) is 8.72. The number of benzene rings is 3.